The highest BCUT2D eigenvalue weighted by atomic mass is 32.2. The van der Waals surface area contributed by atoms with Crippen molar-refractivity contribution in [3.63, 3.8) is 0 Å². The molecule has 0 bridgehead atoms. The number of hydrogen-bond donors (Lipinski definition) is 1. The average molecular weight is 244 g/mol. The second-order valence-corrected chi connectivity index (χ2v) is 5.99. The van der Waals surface area contributed by atoms with E-state index >= 15 is 0 Å². The van der Waals surface area contributed by atoms with Gasteiger partial charge in [-0.25, -0.2) is 0 Å². The molecule has 1 fully saturated rings. The van der Waals surface area contributed by atoms with Gasteiger partial charge in [0.25, 0.3) is 0 Å². The Labute approximate surface area is 103 Å². The first kappa shape index (κ1) is 13.8. The minimum Gasteiger partial charge on any atom is -0.341 e. The molecule has 1 N–H and O–H groups in total. The highest BCUT2D eigenvalue weighted by Gasteiger charge is 2.22. The maximum Gasteiger partial charge on any atom is 0.232 e. The van der Waals surface area contributed by atoms with Gasteiger partial charge in [-0.1, -0.05) is 13.8 Å². The molecule has 1 aliphatic rings. The van der Waals surface area contributed by atoms with Gasteiger partial charge in [0.15, 0.2) is 0 Å². The Kier molecular flexibility index (Phi) is 6.21. The summed E-state index contributed by atoms with van der Waals surface area (Å²) < 4.78 is 0. The number of carbonyl (C=O) groups is 1. The minimum atomic E-state index is 0.280. The van der Waals surface area contributed by atoms with Crippen molar-refractivity contribution in [3.05, 3.63) is 0 Å². The highest BCUT2D eigenvalue weighted by Crippen LogP contribution is 2.12. The monoisotopic (exact) mass is 244 g/mol. The Bertz CT molecular complexity index is 215. The lowest BCUT2D eigenvalue weighted by molar-refractivity contribution is -0.128. The number of amides is 1. The number of thioether (sulfide) groups is 1. The van der Waals surface area contributed by atoms with E-state index in [2.05, 4.69) is 19.2 Å². The molecule has 1 rings (SSSR count). The number of hydrogen-bond acceptors (Lipinski definition) is 3. The first-order valence-electron chi connectivity index (χ1n) is 6.15. The Morgan fingerprint density at radius 1 is 1.56 bits per heavy atom. The SMILES string of the molecule is CC(C)CCSCC(=O)N(C)C1CCNC1. The predicted octanol–water partition coefficient (Wildman–Crippen LogP) is 1.59. The standard InChI is InChI=1S/C12H24N2OS/c1-10(2)5-7-16-9-12(15)14(3)11-4-6-13-8-11/h10-11,13H,4-9H2,1-3H3. The van der Waals surface area contributed by atoms with Gasteiger partial charge >= 0.3 is 0 Å². The van der Waals surface area contributed by atoms with E-state index in [9.17, 15) is 4.79 Å². The predicted molar refractivity (Wildman–Crippen MR) is 70.8 cm³/mol. The summed E-state index contributed by atoms with van der Waals surface area (Å²) in [6, 6.07) is 0.415. The first-order valence-corrected chi connectivity index (χ1v) is 7.31. The lowest BCUT2D eigenvalue weighted by atomic mass is 10.2. The summed E-state index contributed by atoms with van der Waals surface area (Å²) in [6.07, 6.45) is 2.30. The van der Waals surface area contributed by atoms with Crippen LogP contribution in [-0.2, 0) is 4.79 Å². The number of nitrogens with one attached hydrogen (secondary N) is 1. The summed E-state index contributed by atoms with van der Waals surface area (Å²) in [5, 5.41) is 3.29. The third-order valence-corrected chi connectivity index (χ3v) is 4.02. The van der Waals surface area contributed by atoms with Crippen LogP contribution in [0.15, 0.2) is 0 Å². The maximum atomic E-state index is 11.9. The summed E-state index contributed by atoms with van der Waals surface area (Å²) >= 11 is 1.77. The van der Waals surface area contributed by atoms with Crippen molar-refractivity contribution in [2.45, 2.75) is 32.7 Å². The van der Waals surface area contributed by atoms with Gasteiger partial charge in [-0.15, -0.1) is 0 Å². The summed E-state index contributed by atoms with van der Waals surface area (Å²) in [7, 11) is 1.93. The largest absolute Gasteiger partial charge is 0.341 e. The summed E-state index contributed by atoms with van der Waals surface area (Å²) in [6.45, 7) is 6.44. The van der Waals surface area contributed by atoms with Gasteiger partial charge in [0.1, 0.15) is 0 Å². The fourth-order valence-electron chi connectivity index (χ4n) is 1.75. The quantitative estimate of drug-likeness (QED) is 0.720. The van der Waals surface area contributed by atoms with Crippen LogP contribution in [0.4, 0.5) is 0 Å². The molecule has 0 radical (unpaired) electrons. The van der Waals surface area contributed by atoms with E-state index < -0.39 is 0 Å². The lowest BCUT2D eigenvalue weighted by Gasteiger charge is -2.23. The van der Waals surface area contributed by atoms with Crippen molar-refractivity contribution >= 4 is 17.7 Å². The molecule has 1 amide bonds. The fraction of sp³-hybridized carbons (Fsp3) is 0.917. The van der Waals surface area contributed by atoms with E-state index in [1.165, 1.54) is 6.42 Å². The molecule has 94 valence electrons. The Morgan fingerprint density at radius 2 is 2.31 bits per heavy atom. The highest BCUT2D eigenvalue weighted by molar-refractivity contribution is 7.99. The van der Waals surface area contributed by atoms with Gasteiger partial charge in [0.2, 0.25) is 5.91 Å². The topological polar surface area (TPSA) is 32.3 Å². The van der Waals surface area contributed by atoms with Gasteiger partial charge < -0.3 is 10.2 Å². The molecular formula is C12H24N2OS. The molecule has 16 heavy (non-hydrogen) atoms. The molecule has 0 aromatic carbocycles. The molecule has 1 saturated heterocycles. The molecule has 1 unspecified atom stereocenters. The van der Waals surface area contributed by atoms with Gasteiger partial charge in [-0.05, 0) is 31.1 Å². The molecule has 1 atom stereocenters. The second-order valence-electron chi connectivity index (χ2n) is 4.89. The molecule has 0 aromatic heterocycles. The molecule has 0 aliphatic carbocycles. The zero-order valence-corrected chi connectivity index (χ0v) is 11.5. The first-order chi connectivity index (χ1) is 7.61. The Hall–Kier alpha value is -0.220. The van der Waals surface area contributed by atoms with Crippen LogP contribution in [0.3, 0.4) is 0 Å². The van der Waals surface area contributed by atoms with E-state index in [1.807, 2.05) is 11.9 Å². The number of carbonyl (C=O) groups excluding carboxylic acids is 1. The molecular weight excluding hydrogens is 220 g/mol. The summed E-state index contributed by atoms with van der Waals surface area (Å²) in [4.78, 5) is 13.8. The van der Waals surface area contributed by atoms with Crippen LogP contribution in [0.25, 0.3) is 0 Å². The Balaban J connectivity index is 2.13. The molecule has 0 spiro atoms. The fourth-order valence-corrected chi connectivity index (χ4v) is 2.91. The zero-order valence-electron chi connectivity index (χ0n) is 10.7. The Morgan fingerprint density at radius 3 is 2.88 bits per heavy atom. The zero-order chi connectivity index (χ0) is 12.0. The van der Waals surface area contributed by atoms with Gasteiger partial charge in [0, 0.05) is 19.6 Å². The lowest BCUT2D eigenvalue weighted by Crippen LogP contribution is -2.39. The molecule has 4 heteroatoms. The van der Waals surface area contributed by atoms with E-state index in [4.69, 9.17) is 0 Å². The number of nitrogens with zero attached hydrogens (tertiary/aromatic N) is 1. The molecule has 3 nitrogen and oxygen atoms in total. The van der Waals surface area contributed by atoms with Crippen LogP contribution in [0.1, 0.15) is 26.7 Å². The molecule has 0 saturated carbocycles. The van der Waals surface area contributed by atoms with Crippen LogP contribution in [-0.4, -0.2) is 48.5 Å². The van der Waals surface area contributed by atoms with Gasteiger partial charge in [-0.2, -0.15) is 11.8 Å². The van der Waals surface area contributed by atoms with Crippen molar-refractivity contribution in [1.29, 1.82) is 0 Å². The van der Waals surface area contributed by atoms with Gasteiger partial charge in [-0.3, -0.25) is 4.79 Å². The minimum absolute atomic E-state index is 0.280. The van der Waals surface area contributed by atoms with Crippen molar-refractivity contribution in [2.24, 2.45) is 5.92 Å². The van der Waals surface area contributed by atoms with E-state index in [0.29, 0.717) is 11.8 Å². The normalized spacial score (nSPS) is 20.4. The van der Waals surface area contributed by atoms with Crippen LogP contribution in [0.5, 0.6) is 0 Å². The van der Waals surface area contributed by atoms with E-state index in [-0.39, 0.29) is 5.91 Å². The van der Waals surface area contributed by atoms with Crippen LogP contribution in [0.2, 0.25) is 0 Å². The van der Waals surface area contributed by atoms with Crippen LogP contribution >= 0.6 is 11.8 Å². The second kappa shape index (κ2) is 7.17. The third kappa shape index (κ3) is 4.74. The summed E-state index contributed by atoms with van der Waals surface area (Å²) in [5.74, 6) is 2.75. The third-order valence-electron chi connectivity index (χ3n) is 3.04. The smallest absolute Gasteiger partial charge is 0.232 e. The van der Waals surface area contributed by atoms with Crippen molar-refractivity contribution in [3.8, 4) is 0 Å². The number of rotatable bonds is 6. The molecule has 1 heterocycles. The van der Waals surface area contributed by atoms with E-state index in [0.717, 1.165) is 31.2 Å². The van der Waals surface area contributed by atoms with Crippen molar-refractivity contribution in [2.75, 3.05) is 31.6 Å². The van der Waals surface area contributed by atoms with Crippen molar-refractivity contribution in [1.82, 2.24) is 10.2 Å². The van der Waals surface area contributed by atoms with E-state index in [1.54, 1.807) is 11.8 Å². The average Bonchev–Trinajstić information content (AvgIpc) is 2.76. The van der Waals surface area contributed by atoms with Crippen LogP contribution < -0.4 is 5.32 Å². The molecule has 1 aliphatic heterocycles. The van der Waals surface area contributed by atoms with Gasteiger partial charge in [0.05, 0.1) is 5.75 Å². The molecule has 0 aromatic rings. The van der Waals surface area contributed by atoms with Crippen LogP contribution in [0, 0.1) is 5.92 Å². The number of likely N-dealkylation sites (N-methyl/N-ethyl adjacent to an activating group) is 1. The maximum absolute atomic E-state index is 11.9. The summed E-state index contributed by atoms with van der Waals surface area (Å²) in [5.41, 5.74) is 0. The van der Waals surface area contributed by atoms with Crippen molar-refractivity contribution < 1.29 is 4.79 Å².